The lowest BCUT2D eigenvalue weighted by molar-refractivity contribution is -0.140. The number of nitrogens with zero attached hydrogens (tertiary/aromatic N) is 2. The van der Waals surface area contributed by atoms with E-state index in [4.69, 9.17) is 9.47 Å². The number of hydrogen-bond acceptors (Lipinski definition) is 6. The minimum atomic E-state index is -0.739. The molecule has 1 saturated heterocycles. The SMILES string of the molecule is CCOc1ccccc1C1/C(=C(/O)c2ccc(OCC(C)C)cc2)C(=O)C(=O)N1CCCN(C)C. The van der Waals surface area contributed by atoms with Crippen LogP contribution < -0.4 is 9.47 Å². The van der Waals surface area contributed by atoms with Crippen LogP contribution in [0.1, 0.15) is 44.4 Å². The first kappa shape index (κ1) is 26.3. The van der Waals surface area contributed by atoms with Gasteiger partial charge in [-0.1, -0.05) is 32.0 Å². The molecule has 35 heavy (non-hydrogen) atoms. The Kier molecular flexibility index (Phi) is 8.93. The fraction of sp³-hybridized carbons (Fsp3) is 0.429. The van der Waals surface area contributed by atoms with Crippen molar-refractivity contribution in [3.63, 3.8) is 0 Å². The molecule has 1 fully saturated rings. The lowest BCUT2D eigenvalue weighted by Gasteiger charge is -2.27. The zero-order valence-corrected chi connectivity index (χ0v) is 21.3. The van der Waals surface area contributed by atoms with Gasteiger partial charge in [0.1, 0.15) is 17.3 Å². The van der Waals surface area contributed by atoms with Gasteiger partial charge in [-0.05, 0) is 70.2 Å². The van der Waals surface area contributed by atoms with Gasteiger partial charge in [-0.25, -0.2) is 0 Å². The van der Waals surface area contributed by atoms with Crippen molar-refractivity contribution >= 4 is 17.4 Å². The van der Waals surface area contributed by atoms with E-state index in [-0.39, 0.29) is 11.3 Å². The monoisotopic (exact) mass is 480 g/mol. The number of rotatable bonds is 11. The van der Waals surface area contributed by atoms with Gasteiger partial charge in [-0.2, -0.15) is 0 Å². The molecule has 1 N–H and O–H groups in total. The predicted molar refractivity (Wildman–Crippen MR) is 137 cm³/mol. The molecule has 3 rings (SSSR count). The normalized spacial score (nSPS) is 17.5. The third-order valence-corrected chi connectivity index (χ3v) is 5.77. The van der Waals surface area contributed by atoms with Crippen LogP contribution in [0, 0.1) is 5.92 Å². The van der Waals surface area contributed by atoms with Crippen molar-refractivity contribution in [1.29, 1.82) is 0 Å². The number of hydrogen-bond donors (Lipinski definition) is 1. The molecule has 1 aliphatic heterocycles. The highest BCUT2D eigenvalue weighted by Gasteiger charge is 2.46. The van der Waals surface area contributed by atoms with Crippen molar-refractivity contribution in [2.24, 2.45) is 5.92 Å². The van der Waals surface area contributed by atoms with Gasteiger partial charge in [0.25, 0.3) is 11.7 Å². The molecule has 0 aromatic heterocycles. The average Bonchev–Trinajstić information content (AvgIpc) is 3.08. The Bertz CT molecular complexity index is 1060. The van der Waals surface area contributed by atoms with Crippen LogP contribution in [0.3, 0.4) is 0 Å². The molecular weight excluding hydrogens is 444 g/mol. The fourth-order valence-electron chi connectivity index (χ4n) is 4.11. The van der Waals surface area contributed by atoms with Crippen molar-refractivity contribution in [2.45, 2.75) is 33.2 Å². The summed E-state index contributed by atoms with van der Waals surface area (Å²) in [5.74, 6) is 0.143. The van der Waals surface area contributed by atoms with Crippen LogP contribution in [0.15, 0.2) is 54.1 Å². The Morgan fingerprint density at radius 1 is 1.06 bits per heavy atom. The first-order valence-electron chi connectivity index (χ1n) is 12.1. The molecule has 0 saturated carbocycles. The van der Waals surface area contributed by atoms with Gasteiger partial charge in [-0.15, -0.1) is 0 Å². The molecule has 2 aromatic carbocycles. The highest BCUT2D eigenvalue weighted by molar-refractivity contribution is 6.46. The number of para-hydroxylation sites is 1. The molecule has 188 valence electrons. The standard InChI is InChI=1S/C28H36N2O5/c1-6-34-23-11-8-7-10-22(23)25-24(27(32)28(33)30(25)17-9-16-29(4)5)26(31)20-12-14-21(15-13-20)35-18-19(2)3/h7-8,10-15,19,25,31H,6,9,16-18H2,1-5H3/b26-24-. The molecule has 1 unspecified atom stereocenters. The van der Waals surface area contributed by atoms with E-state index in [0.717, 1.165) is 6.54 Å². The maximum Gasteiger partial charge on any atom is 0.295 e. The number of carbonyl (C=O) groups excluding carboxylic acids is 2. The number of amides is 1. The Hall–Kier alpha value is -3.32. The summed E-state index contributed by atoms with van der Waals surface area (Å²) in [6, 6.07) is 13.5. The average molecular weight is 481 g/mol. The van der Waals surface area contributed by atoms with Gasteiger partial charge in [-0.3, -0.25) is 9.59 Å². The Morgan fingerprint density at radius 2 is 1.74 bits per heavy atom. The molecule has 7 nitrogen and oxygen atoms in total. The largest absolute Gasteiger partial charge is 0.507 e. The first-order valence-corrected chi connectivity index (χ1v) is 12.1. The minimum absolute atomic E-state index is 0.0721. The van der Waals surface area contributed by atoms with Crippen LogP contribution in [-0.4, -0.2) is 67.0 Å². The number of ether oxygens (including phenoxy) is 2. The Balaban J connectivity index is 2.05. The second-order valence-corrected chi connectivity index (χ2v) is 9.35. The van der Waals surface area contributed by atoms with E-state index >= 15 is 0 Å². The van der Waals surface area contributed by atoms with Gasteiger partial charge in [0.2, 0.25) is 0 Å². The highest BCUT2D eigenvalue weighted by atomic mass is 16.5. The summed E-state index contributed by atoms with van der Waals surface area (Å²) in [6.07, 6.45) is 0.690. The van der Waals surface area contributed by atoms with E-state index in [1.54, 1.807) is 29.2 Å². The van der Waals surface area contributed by atoms with Gasteiger partial charge in [0, 0.05) is 17.7 Å². The summed E-state index contributed by atoms with van der Waals surface area (Å²) in [7, 11) is 3.93. The van der Waals surface area contributed by atoms with Crippen LogP contribution in [0.25, 0.3) is 5.76 Å². The van der Waals surface area contributed by atoms with Gasteiger partial charge in [0.15, 0.2) is 0 Å². The number of benzene rings is 2. The number of carbonyl (C=O) groups is 2. The topological polar surface area (TPSA) is 79.3 Å². The fourth-order valence-corrected chi connectivity index (χ4v) is 4.11. The highest BCUT2D eigenvalue weighted by Crippen LogP contribution is 2.42. The molecular formula is C28H36N2O5. The van der Waals surface area contributed by atoms with E-state index in [2.05, 4.69) is 13.8 Å². The molecule has 7 heteroatoms. The predicted octanol–water partition coefficient (Wildman–Crippen LogP) is 4.49. The summed E-state index contributed by atoms with van der Waals surface area (Å²) in [6.45, 7) is 8.18. The molecule has 0 spiro atoms. The zero-order valence-electron chi connectivity index (χ0n) is 21.3. The number of likely N-dealkylation sites (tertiary alicyclic amines) is 1. The van der Waals surface area contributed by atoms with E-state index in [1.165, 1.54) is 0 Å². The zero-order chi connectivity index (χ0) is 25.5. The molecule has 1 amide bonds. The molecule has 0 bridgehead atoms. The minimum Gasteiger partial charge on any atom is -0.507 e. The third-order valence-electron chi connectivity index (χ3n) is 5.77. The molecule has 0 radical (unpaired) electrons. The summed E-state index contributed by atoms with van der Waals surface area (Å²) in [5, 5.41) is 11.3. The van der Waals surface area contributed by atoms with Crippen molar-refractivity contribution in [3.05, 3.63) is 65.2 Å². The summed E-state index contributed by atoms with van der Waals surface area (Å²) >= 11 is 0. The quantitative estimate of drug-likeness (QED) is 0.290. The van der Waals surface area contributed by atoms with E-state index < -0.39 is 17.7 Å². The van der Waals surface area contributed by atoms with Gasteiger partial charge < -0.3 is 24.4 Å². The van der Waals surface area contributed by atoms with Crippen LogP contribution in [0.5, 0.6) is 11.5 Å². The molecule has 0 aliphatic carbocycles. The second-order valence-electron chi connectivity index (χ2n) is 9.35. The summed E-state index contributed by atoms with van der Waals surface area (Å²) < 4.78 is 11.6. The summed E-state index contributed by atoms with van der Waals surface area (Å²) in [4.78, 5) is 30.0. The van der Waals surface area contributed by atoms with Crippen molar-refractivity contribution in [2.75, 3.05) is 40.4 Å². The number of ketones is 1. The van der Waals surface area contributed by atoms with Crippen LogP contribution in [-0.2, 0) is 9.59 Å². The summed E-state index contributed by atoms with van der Waals surface area (Å²) in [5.41, 5.74) is 1.20. The number of aliphatic hydroxyl groups excluding tert-OH is 1. The van der Waals surface area contributed by atoms with E-state index in [9.17, 15) is 14.7 Å². The molecule has 2 aromatic rings. The lowest BCUT2D eigenvalue weighted by Crippen LogP contribution is -2.32. The lowest BCUT2D eigenvalue weighted by atomic mass is 9.94. The smallest absolute Gasteiger partial charge is 0.295 e. The molecule has 1 aliphatic rings. The van der Waals surface area contributed by atoms with Crippen LogP contribution in [0.4, 0.5) is 0 Å². The third kappa shape index (κ3) is 6.22. The second kappa shape index (κ2) is 11.9. The first-order chi connectivity index (χ1) is 16.7. The maximum atomic E-state index is 13.2. The van der Waals surface area contributed by atoms with Crippen LogP contribution >= 0.6 is 0 Å². The molecule has 1 heterocycles. The van der Waals surface area contributed by atoms with Crippen LogP contribution in [0.2, 0.25) is 0 Å². The van der Waals surface area contributed by atoms with Crippen molar-refractivity contribution < 1.29 is 24.2 Å². The Morgan fingerprint density at radius 3 is 2.37 bits per heavy atom. The Labute approximate surface area is 207 Å². The maximum absolute atomic E-state index is 13.2. The van der Waals surface area contributed by atoms with Crippen molar-refractivity contribution in [1.82, 2.24) is 9.80 Å². The molecule has 1 atom stereocenters. The van der Waals surface area contributed by atoms with Crippen molar-refractivity contribution in [3.8, 4) is 11.5 Å². The van der Waals surface area contributed by atoms with E-state index in [1.807, 2.05) is 50.2 Å². The number of Topliss-reactive ketones (excluding diaryl/α,β-unsaturated/α-hetero) is 1. The van der Waals surface area contributed by atoms with Gasteiger partial charge in [0.05, 0.1) is 24.8 Å². The van der Waals surface area contributed by atoms with Gasteiger partial charge >= 0.3 is 0 Å². The number of aliphatic hydroxyl groups is 1. The van der Waals surface area contributed by atoms with E-state index in [0.29, 0.717) is 54.7 Å².